The fourth-order valence-electron chi connectivity index (χ4n) is 4.71. The summed E-state index contributed by atoms with van der Waals surface area (Å²) >= 11 is 0. The molecule has 1 aromatic carbocycles. The Morgan fingerprint density at radius 3 is 2.59 bits per heavy atom. The highest BCUT2D eigenvalue weighted by atomic mass is 19.4. The highest BCUT2D eigenvalue weighted by molar-refractivity contribution is 5.99. The number of carbonyl (C=O) groups is 1. The third-order valence-electron chi connectivity index (χ3n) is 6.82. The van der Waals surface area contributed by atoms with Crippen molar-refractivity contribution in [3.05, 3.63) is 99.2 Å². The van der Waals surface area contributed by atoms with Gasteiger partial charge in [0.15, 0.2) is 5.78 Å². The SMILES string of the molecule is CC1OCc2c1c(=O)n(-c1ccc(C(F)(F)F)cc1)c1ncc(C(=O)CC[C@@H](C)c3ccccn3)cc21. The van der Waals surface area contributed by atoms with E-state index in [9.17, 15) is 22.8 Å². The molecule has 9 heteroatoms. The van der Waals surface area contributed by atoms with Gasteiger partial charge in [-0.05, 0) is 61.7 Å². The summed E-state index contributed by atoms with van der Waals surface area (Å²) < 4.78 is 46.2. The molecule has 0 aliphatic carbocycles. The van der Waals surface area contributed by atoms with Crippen molar-refractivity contribution >= 4 is 16.8 Å². The zero-order valence-electron chi connectivity index (χ0n) is 20.2. The number of rotatable bonds is 6. The number of nitrogens with zero attached hydrogens (tertiary/aromatic N) is 3. The molecule has 6 nitrogen and oxygen atoms in total. The van der Waals surface area contributed by atoms with Crippen molar-refractivity contribution < 1.29 is 22.7 Å². The zero-order chi connectivity index (χ0) is 26.3. The fourth-order valence-corrected chi connectivity index (χ4v) is 4.71. The van der Waals surface area contributed by atoms with Crippen LogP contribution < -0.4 is 5.56 Å². The lowest BCUT2D eigenvalue weighted by Gasteiger charge is -2.15. The van der Waals surface area contributed by atoms with Crippen LogP contribution in [0, 0.1) is 0 Å². The van der Waals surface area contributed by atoms with Gasteiger partial charge in [-0.3, -0.25) is 19.1 Å². The molecule has 4 aromatic rings. The second kappa shape index (κ2) is 9.55. The van der Waals surface area contributed by atoms with E-state index in [4.69, 9.17) is 4.74 Å². The van der Waals surface area contributed by atoms with Crippen molar-refractivity contribution in [1.29, 1.82) is 0 Å². The lowest BCUT2D eigenvalue weighted by atomic mass is 9.96. The van der Waals surface area contributed by atoms with Crippen LogP contribution in [0.4, 0.5) is 13.2 Å². The molecule has 0 saturated heterocycles. The van der Waals surface area contributed by atoms with Crippen LogP contribution in [-0.2, 0) is 17.5 Å². The highest BCUT2D eigenvalue weighted by Crippen LogP contribution is 2.35. The Kier molecular flexibility index (Phi) is 6.41. The van der Waals surface area contributed by atoms with Crippen molar-refractivity contribution in [2.75, 3.05) is 0 Å². The van der Waals surface area contributed by atoms with Crippen molar-refractivity contribution in [1.82, 2.24) is 14.5 Å². The van der Waals surface area contributed by atoms with Gasteiger partial charge < -0.3 is 4.74 Å². The fraction of sp³-hybridized carbons (Fsp3) is 0.286. The van der Waals surface area contributed by atoms with E-state index in [0.29, 0.717) is 34.9 Å². The smallest absolute Gasteiger partial charge is 0.369 e. The first-order valence-corrected chi connectivity index (χ1v) is 12.0. The molecule has 0 saturated carbocycles. The van der Waals surface area contributed by atoms with Gasteiger partial charge in [-0.1, -0.05) is 13.0 Å². The number of carbonyl (C=O) groups excluding carboxylic acids is 1. The van der Waals surface area contributed by atoms with Crippen LogP contribution >= 0.6 is 0 Å². The van der Waals surface area contributed by atoms with E-state index in [0.717, 1.165) is 17.8 Å². The maximum Gasteiger partial charge on any atom is 0.416 e. The number of fused-ring (bicyclic) bond motifs is 3. The Labute approximate surface area is 210 Å². The molecule has 0 spiro atoms. The quantitative estimate of drug-likeness (QED) is 0.292. The molecule has 4 heterocycles. The number of pyridine rings is 3. The van der Waals surface area contributed by atoms with Gasteiger partial charge in [0.05, 0.1) is 29.5 Å². The summed E-state index contributed by atoms with van der Waals surface area (Å²) in [7, 11) is 0. The van der Waals surface area contributed by atoms with Crippen LogP contribution in [0.1, 0.15) is 71.5 Å². The third kappa shape index (κ3) is 4.67. The average molecular weight is 508 g/mol. The molecule has 1 aliphatic rings. The summed E-state index contributed by atoms with van der Waals surface area (Å²) in [5.41, 5.74) is 1.69. The molecular weight excluding hydrogens is 483 g/mol. The Bertz CT molecular complexity index is 1530. The van der Waals surface area contributed by atoms with E-state index >= 15 is 0 Å². The van der Waals surface area contributed by atoms with Gasteiger partial charge in [0, 0.05) is 41.0 Å². The first-order valence-electron chi connectivity index (χ1n) is 12.0. The standard InChI is InChI=1S/C28H24F3N3O3/c1-16(23-5-3-4-12-32-23)6-11-24(35)18-13-21-22-15-37-17(2)25(22)27(36)34(26(21)33-14-18)20-9-7-19(8-10-20)28(29,30)31/h3-5,7-10,12-14,16-17H,6,11,15H2,1-2H3/t16-,17?/m1/s1. The number of benzene rings is 1. The second-order valence-corrected chi connectivity index (χ2v) is 9.24. The summed E-state index contributed by atoms with van der Waals surface area (Å²) in [6.45, 7) is 3.95. The number of hydrogen-bond donors (Lipinski definition) is 0. The van der Waals surface area contributed by atoms with Gasteiger partial charge in [0.25, 0.3) is 5.56 Å². The summed E-state index contributed by atoms with van der Waals surface area (Å²) in [6, 6.07) is 11.7. The molecule has 0 amide bonds. The summed E-state index contributed by atoms with van der Waals surface area (Å²) in [5, 5.41) is 0.572. The molecule has 37 heavy (non-hydrogen) atoms. The molecule has 1 unspecified atom stereocenters. The molecule has 5 rings (SSSR count). The van der Waals surface area contributed by atoms with Crippen LogP contribution in [0.3, 0.4) is 0 Å². The first kappa shape index (κ1) is 24.8. The van der Waals surface area contributed by atoms with Crippen LogP contribution in [0.5, 0.6) is 0 Å². The van der Waals surface area contributed by atoms with E-state index in [1.807, 2.05) is 25.1 Å². The van der Waals surface area contributed by atoms with E-state index < -0.39 is 23.4 Å². The zero-order valence-corrected chi connectivity index (χ0v) is 20.2. The number of alkyl halides is 3. The van der Waals surface area contributed by atoms with E-state index in [1.165, 1.54) is 22.9 Å². The molecule has 190 valence electrons. The van der Waals surface area contributed by atoms with E-state index in [1.54, 1.807) is 19.2 Å². The van der Waals surface area contributed by atoms with Gasteiger partial charge in [0.2, 0.25) is 0 Å². The number of Topliss-reactive ketones (excluding diaryl/α,β-unsaturated/α-hetero) is 1. The average Bonchev–Trinajstić information content (AvgIpc) is 3.29. The van der Waals surface area contributed by atoms with Gasteiger partial charge >= 0.3 is 6.18 Å². The molecule has 0 N–H and O–H groups in total. The van der Waals surface area contributed by atoms with Crippen molar-refractivity contribution in [3.63, 3.8) is 0 Å². The van der Waals surface area contributed by atoms with E-state index in [-0.39, 0.29) is 29.6 Å². The normalized spacial score (nSPS) is 16.1. The van der Waals surface area contributed by atoms with Gasteiger partial charge in [0.1, 0.15) is 5.65 Å². The van der Waals surface area contributed by atoms with Crippen LogP contribution in [0.2, 0.25) is 0 Å². The Balaban J connectivity index is 1.54. The minimum absolute atomic E-state index is 0.0924. The van der Waals surface area contributed by atoms with Crippen molar-refractivity contribution in [2.24, 2.45) is 0 Å². The maximum atomic E-state index is 13.4. The summed E-state index contributed by atoms with van der Waals surface area (Å²) in [5.74, 6) is 0.00656. The molecule has 2 atom stereocenters. The Morgan fingerprint density at radius 2 is 1.92 bits per heavy atom. The number of hydrogen-bond acceptors (Lipinski definition) is 5. The summed E-state index contributed by atoms with van der Waals surface area (Å²) in [4.78, 5) is 35.3. The molecular formula is C28H24F3N3O3. The number of ketones is 1. The first-order chi connectivity index (χ1) is 17.6. The monoisotopic (exact) mass is 507 g/mol. The van der Waals surface area contributed by atoms with Gasteiger partial charge in [-0.15, -0.1) is 0 Å². The van der Waals surface area contributed by atoms with Crippen molar-refractivity contribution in [3.8, 4) is 5.69 Å². The minimum atomic E-state index is -4.49. The number of ether oxygens (including phenoxy) is 1. The lowest BCUT2D eigenvalue weighted by Crippen LogP contribution is -2.25. The molecule has 0 radical (unpaired) electrons. The molecule has 1 aliphatic heterocycles. The number of halogens is 3. The molecule has 0 fully saturated rings. The Hall–Kier alpha value is -3.85. The maximum absolute atomic E-state index is 13.4. The topological polar surface area (TPSA) is 74.1 Å². The van der Waals surface area contributed by atoms with Crippen LogP contribution in [0.15, 0.2) is 65.7 Å². The summed E-state index contributed by atoms with van der Waals surface area (Å²) in [6.07, 6.45) is -0.947. The predicted octanol–water partition coefficient (Wildman–Crippen LogP) is 6.16. The van der Waals surface area contributed by atoms with Crippen LogP contribution in [-0.4, -0.2) is 20.3 Å². The third-order valence-corrected chi connectivity index (χ3v) is 6.82. The van der Waals surface area contributed by atoms with Gasteiger partial charge in [-0.2, -0.15) is 13.2 Å². The molecule has 0 bridgehead atoms. The molecule has 3 aromatic heterocycles. The highest BCUT2D eigenvalue weighted by Gasteiger charge is 2.31. The predicted molar refractivity (Wildman–Crippen MR) is 132 cm³/mol. The minimum Gasteiger partial charge on any atom is -0.369 e. The lowest BCUT2D eigenvalue weighted by molar-refractivity contribution is -0.137. The van der Waals surface area contributed by atoms with Gasteiger partial charge in [-0.25, -0.2) is 4.98 Å². The second-order valence-electron chi connectivity index (χ2n) is 9.24. The van der Waals surface area contributed by atoms with Crippen LogP contribution in [0.25, 0.3) is 16.7 Å². The van der Waals surface area contributed by atoms with E-state index in [2.05, 4.69) is 9.97 Å². The largest absolute Gasteiger partial charge is 0.416 e. The number of aromatic nitrogens is 3. The Morgan fingerprint density at radius 1 is 1.16 bits per heavy atom. The van der Waals surface area contributed by atoms with Crippen molar-refractivity contribution in [2.45, 2.75) is 51.5 Å².